The Balaban J connectivity index is 1.53. The van der Waals surface area contributed by atoms with Gasteiger partial charge in [0.05, 0.1) is 12.7 Å². The minimum Gasteiger partial charge on any atom is -0.444 e. The summed E-state index contributed by atoms with van der Waals surface area (Å²) in [6, 6.07) is 0. The SMILES string of the molecule is CC(C)c1nnc2n1C[C@H](CNCc1ncc(C(C)(C)C)o1)CC2. The first-order chi connectivity index (χ1) is 11.3. The predicted octanol–water partition coefficient (Wildman–Crippen LogP) is 3.04. The van der Waals surface area contributed by atoms with Gasteiger partial charge in [-0.2, -0.15) is 0 Å². The van der Waals surface area contributed by atoms with Gasteiger partial charge < -0.3 is 14.3 Å². The van der Waals surface area contributed by atoms with Crippen LogP contribution in [-0.4, -0.2) is 26.3 Å². The zero-order chi connectivity index (χ0) is 17.3. The van der Waals surface area contributed by atoms with E-state index in [0.717, 1.165) is 49.2 Å². The largest absolute Gasteiger partial charge is 0.444 e. The molecule has 1 aliphatic rings. The lowest BCUT2D eigenvalue weighted by Gasteiger charge is -2.25. The first kappa shape index (κ1) is 17.1. The molecular formula is C18H29N5O. The summed E-state index contributed by atoms with van der Waals surface area (Å²) < 4.78 is 8.14. The molecule has 2 aromatic rings. The average molecular weight is 331 g/mol. The van der Waals surface area contributed by atoms with Crippen molar-refractivity contribution in [1.29, 1.82) is 0 Å². The molecule has 1 N–H and O–H groups in total. The third-order valence-electron chi connectivity index (χ3n) is 4.59. The second-order valence-corrected chi connectivity index (χ2v) is 8.14. The van der Waals surface area contributed by atoms with Crippen LogP contribution >= 0.6 is 0 Å². The second-order valence-electron chi connectivity index (χ2n) is 8.14. The third-order valence-corrected chi connectivity index (χ3v) is 4.59. The second kappa shape index (κ2) is 6.67. The molecule has 24 heavy (non-hydrogen) atoms. The number of nitrogens with one attached hydrogen (secondary N) is 1. The van der Waals surface area contributed by atoms with E-state index in [1.807, 2.05) is 6.20 Å². The summed E-state index contributed by atoms with van der Waals surface area (Å²) in [7, 11) is 0. The number of hydrogen-bond donors (Lipinski definition) is 1. The van der Waals surface area contributed by atoms with Crippen molar-refractivity contribution in [2.24, 2.45) is 5.92 Å². The molecule has 0 spiro atoms. The van der Waals surface area contributed by atoms with E-state index in [9.17, 15) is 0 Å². The van der Waals surface area contributed by atoms with Crippen LogP contribution in [0.4, 0.5) is 0 Å². The highest BCUT2D eigenvalue weighted by molar-refractivity contribution is 5.06. The van der Waals surface area contributed by atoms with Gasteiger partial charge in [0.15, 0.2) is 0 Å². The number of aromatic nitrogens is 4. The van der Waals surface area contributed by atoms with Gasteiger partial charge in [0.2, 0.25) is 5.89 Å². The van der Waals surface area contributed by atoms with Crippen molar-refractivity contribution in [2.75, 3.05) is 6.54 Å². The smallest absolute Gasteiger partial charge is 0.208 e. The molecule has 1 atom stereocenters. The molecule has 0 saturated carbocycles. The first-order valence-corrected chi connectivity index (χ1v) is 8.92. The molecule has 0 fully saturated rings. The summed E-state index contributed by atoms with van der Waals surface area (Å²) >= 11 is 0. The van der Waals surface area contributed by atoms with Gasteiger partial charge in [0, 0.05) is 30.8 Å². The van der Waals surface area contributed by atoms with E-state index in [4.69, 9.17) is 4.42 Å². The van der Waals surface area contributed by atoms with Crippen LogP contribution in [0.5, 0.6) is 0 Å². The molecule has 132 valence electrons. The average Bonchev–Trinajstić information content (AvgIpc) is 3.12. The fraction of sp³-hybridized carbons (Fsp3) is 0.722. The van der Waals surface area contributed by atoms with E-state index in [0.29, 0.717) is 18.4 Å². The number of oxazole rings is 1. The van der Waals surface area contributed by atoms with Crippen LogP contribution in [0.3, 0.4) is 0 Å². The van der Waals surface area contributed by atoms with Crippen molar-refractivity contribution in [3.63, 3.8) is 0 Å². The van der Waals surface area contributed by atoms with Gasteiger partial charge in [-0.15, -0.1) is 10.2 Å². The highest BCUT2D eigenvalue weighted by atomic mass is 16.4. The maximum Gasteiger partial charge on any atom is 0.208 e. The molecule has 6 heteroatoms. The molecule has 0 amide bonds. The van der Waals surface area contributed by atoms with Gasteiger partial charge in [0.1, 0.15) is 17.4 Å². The summed E-state index contributed by atoms with van der Waals surface area (Å²) in [6.07, 6.45) is 4.01. The van der Waals surface area contributed by atoms with Gasteiger partial charge in [-0.05, 0) is 12.3 Å². The third kappa shape index (κ3) is 3.69. The molecule has 0 aliphatic carbocycles. The van der Waals surface area contributed by atoms with Crippen molar-refractivity contribution in [3.8, 4) is 0 Å². The van der Waals surface area contributed by atoms with Crippen molar-refractivity contribution in [3.05, 3.63) is 29.5 Å². The monoisotopic (exact) mass is 331 g/mol. The minimum atomic E-state index is 0.00664. The Morgan fingerprint density at radius 1 is 1.33 bits per heavy atom. The summed E-state index contributed by atoms with van der Waals surface area (Å²) in [4.78, 5) is 4.38. The molecule has 6 nitrogen and oxygen atoms in total. The van der Waals surface area contributed by atoms with E-state index in [1.54, 1.807) is 0 Å². The molecule has 0 saturated heterocycles. The normalized spacial score (nSPS) is 18.2. The van der Waals surface area contributed by atoms with Gasteiger partial charge in [0.25, 0.3) is 0 Å². The maximum absolute atomic E-state index is 5.83. The van der Waals surface area contributed by atoms with E-state index < -0.39 is 0 Å². The van der Waals surface area contributed by atoms with Gasteiger partial charge in [-0.3, -0.25) is 0 Å². The van der Waals surface area contributed by atoms with Crippen molar-refractivity contribution >= 4 is 0 Å². The van der Waals surface area contributed by atoms with Crippen LogP contribution in [0.2, 0.25) is 0 Å². The van der Waals surface area contributed by atoms with Crippen LogP contribution in [0.1, 0.15) is 70.3 Å². The minimum absolute atomic E-state index is 0.00664. The molecule has 2 aromatic heterocycles. The molecule has 0 radical (unpaired) electrons. The summed E-state index contributed by atoms with van der Waals surface area (Å²) in [6.45, 7) is 13.4. The standard InChI is InChI=1S/C18H29N5O/c1-12(2)17-22-21-15-7-6-13(11-23(15)17)8-19-10-16-20-9-14(24-16)18(3,4)5/h9,12-13,19H,6-8,10-11H2,1-5H3/t13-/m0/s1. The quantitative estimate of drug-likeness (QED) is 0.912. The van der Waals surface area contributed by atoms with Gasteiger partial charge in [-0.1, -0.05) is 34.6 Å². The zero-order valence-corrected chi connectivity index (χ0v) is 15.5. The Kier molecular flexibility index (Phi) is 4.76. The van der Waals surface area contributed by atoms with E-state index in [-0.39, 0.29) is 5.41 Å². The van der Waals surface area contributed by atoms with E-state index >= 15 is 0 Å². The Morgan fingerprint density at radius 3 is 2.79 bits per heavy atom. The fourth-order valence-corrected chi connectivity index (χ4v) is 3.13. The summed E-state index contributed by atoms with van der Waals surface area (Å²) in [5, 5.41) is 12.2. The molecule has 1 aliphatic heterocycles. The number of fused-ring (bicyclic) bond motifs is 1. The lowest BCUT2D eigenvalue weighted by atomic mass is 9.94. The molecule has 3 heterocycles. The summed E-state index contributed by atoms with van der Waals surface area (Å²) in [5.41, 5.74) is 0.00664. The Morgan fingerprint density at radius 2 is 2.12 bits per heavy atom. The Bertz CT molecular complexity index is 680. The zero-order valence-electron chi connectivity index (χ0n) is 15.5. The number of rotatable bonds is 5. The van der Waals surface area contributed by atoms with E-state index in [2.05, 4.69) is 59.7 Å². The predicted molar refractivity (Wildman–Crippen MR) is 92.8 cm³/mol. The highest BCUT2D eigenvalue weighted by Gasteiger charge is 2.24. The number of aryl methyl sites for hydroxylation is 1. The lowest BCUT2D eigenvalue weighted by Crippen LogP contribution is -2.30. The van der Waals surface area contributed by atoms with Crippen LogP contribution in [0.25, 0.3) is 0 Å². The van der Waals surface area contributed by atoms with E-state index in [1.165, 1.54) is 0 Å². The van der Waals surface area contributed by atoms with Gasteiger partial charge in [-0.25, -0.2) is 4.98 Å². The molecule has 0 bridgehead atoms. The van der Waals surface area contributed by atoms with Crippen LogP contribution in [0.15, 0.2) is 10.6 Å². The van der Waals surface area contributed by atoms with Crippen LogP contribution in [0, 0.1) is 5.92 Å². The molecule has 0 aromatic carbocycles. The number of nitrogens with zero attached hydrogens (tertiary/aromatic N) is 4. The van der Waals surface area contributed by atoms with Gasteiger partial charge >= 0.3 is 0 Å². The highest BCUT2D eigenvalue weighted by Crippen LogP contribution is 2.24. The van der Waals surface area contributed by atoms with Crippen LogP contribution in [-0.2, 0) is 24.9 Å². The Labute approximate surface area is 144 Å². The topological polar surface area (TPSA) is 68.8 Å². The lowest BCUT2D eigenvalue weighted by molar-refractivity contribution is 0.326. The maximum atomic E-state index is 5.83. The number of hydrogen-bond acceptors (Lipinski definition) is 5. The molecular weight excluding hydrogens is 302 g/mol. The first-order valence-electron chi connectivity index (χ1n) is 8.92. The van der Waals surface area contributed by atoms with Crippen molar-refractivity contribution < 1.29 is 4.42 Å². The molecule has 3 rings (SSSR count). The fourth-order valence-electron chi connectivity index (χ4n) is 3.13. The van der Waals surface area contributed by atoms with Crippen molar-refractivity contribution in [2.45, 2.75) is 71.9 Å². The molecule has 0 unspecified atom stereocenters. The summed E-state index contributed by atoms with van der Waals surface area (Å²) in [5.74, 6) is 4.97. The van der Waals surface area contributed by atoms with Crippen LogP contribution < -0.4 is 5.32 Å². The van der Waals surface area contributed by atoms with Crippen molar-refractivity contribution in [1.82, 2.24) is 25.1 Å². The Hall–Kier alpha value is -1.69.